The summed E-state index contributed by atoms with van der Waals surface area (Å²) < 4.78 is 0. The van der Waals surface area contributed by atoms with Gasteiger partial charge in [0.05, 0.1) is 0 Å². The van der Waals surface area contributed by atoms with Gasteiger partial charge in [-0.1, -0.05) is 52.3 Å². The van der Waals surface area contributed by atoms with Crippen molar-refractivity contribution in [2.45, 2.75) is 78.4 Å². The normalized spacial score (nSPS) is 13.9. The number of aromatic nitrogens is 2. The van der Waals surface area contributed by atoms with Crippen LogP contribution in [0.25, 0.3) is 0 Å². The summed E-state index contributed by atoms with van der Waals surface area (Å²) in [5.74, 6) is 1.03. The van der Waals surface area contributed by atoms with E-state index in [1.165, 1.54) is 31.2 Å². The van der Waals surface area contributed by atoms with E-state index in [0.717, 1.165) is 16.7 Å². The fraction of sp³-hybridized carbons (Fsp3) is 0.750. The summed E-state index contributed by atoms with van der Waals surface area (Å²) in [5.41, 5.74) is 2.27. The molecule has 1 aliphatic rings. The fourth-order valence-electron chi connectivity index (χ4n) is 2.10. The molecule has 0 bridgehead atoms. The molecule has 2 rings (SSSR count). The Kier molecular flexibility index (Phi) is 10.5. The van der Waals surface area contributed by atoms with Crippen LogP contribution >= 0.6 is 11.8 Å². The van der Waals surface area contributed by atoms with Crippen molar-refractivity contribution in [1.29, 1.82) is 0 Å². The zero-order valence-corrected chi connectivity index (χ0v) is 15.0. The summed E-state index contributed by atoms with van der Waals surface area (Å²) in [7, 11) is 0. The van der Waals surface area contributed by atoms with Gasteiger partial charge >= 0.3 is 0 Å². The van der Waals surface area contributed by atoms with E-state index >= 15 is 0 Å². The van der Waals surface area contributed by atoms with Gasteiger partial charge in [-0.05, 0) is 32.9 Å². The molecule has 1 aromatic rings. The fourth-order valence-corrected chi connectivity index (χ4v) is 2.51. The number of aryl methyl sites for hydroxylation is 1. The van der Waals surface area contributed by atoms with E-state index in [-0.39, 0.29) is 0 Å². The average molecular weight is 298 g/mol. The van der Waals surface area contributed by atoms with E-state index in [2.05, 4.69) is 29.1 Å². The van der Waals surface area contributed by atoms with Gasteiger partial charge in [0, 0.05) is 17.3 Å². The molecule has 0 spiro atoms. The van der Waals surface area contributed by atoms with Gasteiger partial charge in [0.25, 0.3) is 0 Å². The van der Waals surface area contributed by atoms with Crippen LogP contribution in [0, 0.1) is 13.8 Å². The SMILES string of the molecule is CC.CC.CSc1nc(C)c(C)c(NC2CCCC2)n1. The third-order valence-corrected chi connectivity index (χ3v) is 3.80. The lowest BCUT2D eigenvalue weighted by atomic mass is 10.2. The van der Waals surface area contributed by atoms with E-state index in [9.17, 15) is 0 Å². The molecule has 0 saturated heterocycles. The standard InChI is InChI=1S/C12H19N3S.2C2H6/c1-8-9(2)13-12(16-3)15-11(8)14-10-6-4-5-7-10;2*1-2/h10H,4-7H2,1-3H3,(H,13,14,15);2*1-2H3. The van der Waals surface area contributed by atoms with Crippen LogP contribution in [-0.2, 0) is 0 Å². The van der Waals surface area contributed by atoms with E-state index in [1.54, 1.807) is 11.8 Å². The summed E-state index contributed by atoms with van der Waals surface area (Å²) in [5, 5.41) is 4.42. The minimum Gasteiger partial charge on any atom is -0.367 e. The molecule has 1 saturated carbocycles. The summed E-state index contributed by atoms with van der Waals surface area (Å²) in [6, 6.07) is 0.614. The number of hydrogen-bond acceptors (Lipinski definition) is 4. The Labute approximate surface area is 129 Å². The van der Waals surface area contributed by atoms with Crippen molar-refractivity contribution in [3.8, 4) is 0 Å². The van der Waals surface area contributed by atoms with Crippen molar-refractivity contribution in [2.24, 2.45) is 0 Å². The highest BCUT2D eigenvalue weighted by Gasteiger charge is 2.17. The number of rotatable bonds is 3. The van der Waals surface area contributed by atoms with Gasteiger partial charge in [-0.15, -0.1) is 0 Å². The summed E-state index contributed by atoms with van der Waals surface area (Å²) in [6.45, 7) is 12.1. The molecule has 0 radical (unpaired) electrons. The molecule has 4 heteroatoms. The first-order chi connectivity index (χ1) is 9.70. The molecule has 0 aliphatic heterocycles. The van der Waals surface area contributed by atoms with Gasteiger partial charge in [0.1, 0.15) is 5.82 Å². The first-order valence-corrected chi connectivity index (χ1v) is 9.09. The van der Waals surface area contributed by atoms with Crippen LogP contribution in [0.15, 0.2) is 5.16 Å². The lowest BCUT2D eigenvalue weighted by Gasteiger charge is -2.16. The molecular formula is C16H31N3S. The minimum absolute atomic E-state index is 0.614. The van der Waals surface area contributed by atoms with Crippen LogP contribution in [-0.4, -0.2) is 22.3 Å². The quantitative estimate of drug-likeness (QED) is 0.613. The third kappa shape index (κ3) is 5.70. The second-order valence-electron chi connectivity index (χ2n) is 4.40. The van der Waals surface area contributed by atoms with Gasteiger partial charge in [0.2, 0.25) is 0 Å². The van der Waals surface area contributed by atoms with Crippen molar-refractivity contribution < 1.29 is 0 Å². The van der Waals surface area contributed by atoms with Crippen LogP contribution in [0.4, 0.5) is 5.82 Å². The lowest BCUT2D eigenvalue weighted by molar-refractivity contribution is 0.741. The van der Waals surface area contributed by atoms with Crippen molar-refractivity contribution in [2.75, 3.05) is 11.6 Å². The topological polar surface area (TPSA) is 37.8 Å². The molecule has 20 heavy (non-hydrogen) atoms. The van der Waals surface area contributed by atoms with Gasteiger partial charge < -0.3 is 5.32 Å². The van der Waals surface area contributed by atoms with Crippen molar-refractivity contribution in [3.63, 3.8) is 0 Å². The zero-order valence-electron chi connectivity index (χ0n) is 14.2. The Hall–Kier alpha value is -0.770. The first kappa shape index (κ1) is 19.2. The van der Waals surface area contributed by atoms with E-state index in [1.807, 2.05) is 34.0 Å². The molecule has 116 valence electrons. The van der Waals surface area contributed by atoms with Crippen LogP contribution in [0.1, 0.15) is 64.6 Å². The highest BCUT2D eigenvalue weighted by molar-refractivity contribution is 7.98. The van der Waals surface area contributed by atoms with Gasteiger partial charge in [-0.25, -0.2) is 9.97 Å². The van der Waals surface area contributed by atoms with E-state index < -0.39 is 0 Å². The Bertz CT molecular complexity index is 374. The van der Waals surface area contributed by atoms with Crippen molar-refractivity contribution in [1.82, 2.24) is 9.97 Å². The minimum atomic E-state index is 0.614. The highest BCUT2D eigenvalue weighted by atomic mass is 32.2. The van der Waals surface area contributed by atoms with Crippen LogP contribution in [0.5, 0.6) is 0 Å². The third-order valence-electron chi connectivity index (χ3n) is 3.25. The highest BCUT2D eigenvalue weighted by Crippen LogP contribution is 2.25. The van der Waals surface area contributed by atoms with Gasteiger partial charge in [-0.2, -0.15) is 0 Å². The molecule has 1 N–H and O–H groups in total. The van der Waals surface area contributed by atoms with Crippen LogP contribution < -0.4 is 5.32 Å². The predicted octanol–water partition coefficient (Wildman–Crippen LogP) is 5.22. The maximum absolute atomic E-state index is 4.56. The van der Waals surface area contributed by atoms with Crippen LogP contribution in [0.2, 0.25) is 0 Å². The molecule has 0 unspecified atom stereocenters. The summed E-state index contributed by atoms with van der Waals surface area (Å²) >= 11 is 1.60. The molecule has 0 atom stereocenters. The summed E-state index contributed by atoms with van der Waals surface area (Å²) in [6.07, 6.45) is 7.25. The largest absolute Gasteiger partial charge is 0.367 e. The number of nitrogens with zero attached hydrogens (tertiary/aromatic N) is 2. The zero-order chi connectivity index (χ0) is 15.5. The first-order valence-electron chi connectivity index (χ1n) is 7.86. The molecule has 0 aromatic carbocycles. The monoisotopic (exact) mass is 297 g/mol. The molecule has 1 aromatic heterocycles. The van der Waals surface area contributed by atoms with Crippen LogP contribution in [0.3, 0.4) is 0 Å². The van der Waals surface area contributed by atoms with Crippen molar-refractivity contribution >= 4 is 17.6 Å². The number of anilines is 1. The molecule has 1 heterocycles. The molecule has 0 amide bonds. The summed E-state index contributed by atoms with van der Waals surface area (Å²) in [4.78, 5) is 8.99. The second-order valence-corrected chi connectivity index (χ2v) is 5.17. The van der Waals surface area contributed by atoms with E-state index in [0.29, 0.717) is 6.04 Å². The maximum atomic E-state index is 4.56. The lowest BCUT2D eigenvalue weighted by Crippen LogP contribution is -2.17. The molecular weight excluding hydrogens is 266 g/mol. The Morgan fingerprint density at radius 3 is 2.05 bits per heavy atom. The smallest absolute Gasteiger partial charge is 0.189 e. The van der Waals surface area contributed by atoms with E-state index in [4.69, 9.17) is 0 Å². The van der Waals surface area contributed by atoms with Gasteiger partial charge in [-0.3, -0.25) is 0 Å². The number of hydrogen-bond donors (Lipinski definition) is 1. The number of nitrogens with one attached hydrogen (secondary N) is 1. The Morgan fingerprint density at radius 2 is 1.55 bits per heavy atom. The number of thioether (sulfide) groups is 1. The van der Waals surface area contributed by atoms with Gasteiger partial charge in [0.15, 0.2) is 5.16 Å². The second kappa shape index (κ2) is 11.0. The molecule has 1 fully saturated rings. The predicted molar refractivity (Wildman–Crippen MR) is 91.9 cm³/mol. The Morgan fingerprint density at radius 1 is 1.00 bits per heavy atom. The molecule has 3 nitrogen and oxygen atoms in total. The maximum Gasteiger partial charge on any atom is 0.189 e. The Balaban J connectivity index is 0.000000829. The average Bonchev–Trinajstić information content (AvgIpc) is 3.01. The molecule has 1 aliphatic carbocycles. The van der Waals surface area contributed by atoms with Crippen molar-refractivity contribution in [3.05, 3.63) is 11.3 Å².